The van der Waals surface area contributed by atoms with Crippen molar-refractivity contribution in [1.82, 2.24) is 24.1 Å². The minimum absolute atomic E-state index is 0.596. The number of benzene rings is 6. The van der Waals surface area contributed by atoms with E-state index in [1.165, 1.54) is 44.1 Å². The molecule has 47 heavy (non-hydrogen) atoms. The highest BCUT2D eigenvalue weighted by molar-refractivity contribution is 6.09. The molecule has 0 fully saturated rings. The summed E-state index contributed by atoms with van der Waals surface area (Å²) in [5.74, 6) is 1.33. The van der Waals surface area contributed by atoms with Gasteiger partial charge in [0.05, 0.1) is 33.2 Å². The largest absolute Gasteiger partial charge is 0.309 e. The van der Waals surface area contributed by atoms with Crippen LogP contribution in [0.1, 0.15) is 22.3 Å². The fraction of sp³-hybridized carbons (Fsp3) is 0.0238. The Kier molecular flexibility index (Phi) is 5.43. The molecule has 0 unspecified atom stereocenters. The van der Waals surface area contributed by atoms with Gasteiger partial charge >= 0.3 is 0 Å². The van der Waals surface area contributed by atoms with Crippen LogP contribution in [-0.4, -0.2) is 24.1 Å². The minimum Gasteiger partial charge on any atom is -0.309 e. The molecule has 0 radical (unpaired) electrons. The van der Waals surface area contributed by atoms with Crippen LogP contribution in [-0.2, 0) is 5.41 Å². The summed E-state index contributed by atoms with van der Waals surface area (Å²) in [5, 5.41) is 2.48. The minimum atomic E-state index is -0.628. The Hall–Kier alpha value is -6.33. The maximum absolute atomic E-state index is 5.19. The van der Waals surface area contributed by atoms with Gasteiger partial charge < -0.3 is 4.57 Å². The first-order valence-corrected chi connectivity index (χ1v) is 15.9. The lowest BCUT2D eigenvalue weighted by molar-refractivity contribution is 0.724. The van der Waals surface area contributed by atoms with Gasteiger partial charge in [0.25, 0.3) is 0 Å². The molecule has 3 aromatic heterocycles. The second-order valence-electron chi connectivity index (χ2n) is 12.1. The molecule has 1 aliphatic rings. The van der Waals surface area contributed by atoms with Gasteiger partial charge in [0.15, 0.2) is 11.6 Å². The molecule has 6 aromatic carbocycles. The summed E-state index contributed by atoms with van der Waals surface area (Å²) in [4.78, 5) is 14.5. The Labute approximate surface area is 271 Å². The zero-order chi connectivity index (χ0) is 31.0. The van der Waals surface area contributed by atoms with Crippen molar-refractivity contribution in [2.75, 3.05) is 0 Å². The summed E-state index contributed by atoms with van der Waals surface area (Å²) in [6.45, 7) is 0. The van der Waals surface area contributed by atoms with Gasteiger partial charge in [-0.2, -0.15) is 0 Å². The predicted molar refractivity (Wildman–Crippen MR) is 188 cm³/mol. The first kappa shape index (κ1) is 25.9. The van der Waals surface area contributed by atoms with Crippen LogP contribution in [0.3, 0.4) is 0 Å². The first-order chi connectivity index (χ1) is 23.3. The van der Waals surface area contributed by atoms with Crippen molar-refractivity contribution in [2.45, 2.75) is 5.41 Å². The molecule has 0 spiro atoms. The highest BCUT2D eigenvalue weighted by atomic mass is 15.1. The summed E-state index contributed by atoms with van der Waals surface area (Å²) in [6, 6.07) is 54.4. The molecule has 5 heteroatoms. The van der Waals surface area contributed by atoms with Crippen LogP contribution < -0.4 is 0 Å². The second-order valence-corrected chi connectivity index (χ2v) is 12.1. The van der Waals surface area contributed by atoms with Gasteiger partial charge in [-0.25, -0.2) is 15.0 Å². The van der Waals surface area contributed by atoms with Crippen LogP contribution >= 0.6 is 0 Å². The standard InChI is InChI=1S/C42H27N5/c1-3-13-28(14-4-1)42(29-15-5-2-6-16-29)33-19-11-20-35-39(33)47(41(45-35)40-43-25-12-26-44-40)38-24-23-30(27-34(38)42)46-36-21-9-7-17-31(36)32-18-8-10-22-37(32)46/h1-27H. The zero-order valence-electron chi connectivity index (χ0n) is 25.3. The fourth-order valence-electron chi connectivity index (χ4n) is 7.90. The predicted octanol–water partition coefficient (Wildman–Crippen LogP) is 9.28. The molecule has 0 bridgehead atoms. The van der Waals surface area contributed by atoms with Crippen molar-refractivity contribution in [3.05, 3.63) is 186 Å². The quantitative estimate of drug-likeness (QED) is 0.202. The molecule has 220 valence electrons. The van der Waals surface area contributed by atoms with Crippen LogP contribution in [0.4, 0.5) is 0 Å². The third-order valence-electron chi connectivity index (χ3n) is 9.72. The monoisotopic (exact) mass is 601 g/mol. The van der Waals surface area contributed by atoms with E-state index in [-0.39, 0.29) is 0 Å². The number of rotatable bonds is 4. The highest BCUT2D eigenvalue weighted by Crippen LogP contribution is 2.53. The highest BCUT2D eigenvalue weighted by Gasteiger charge is 2.46. The fourth-order valence-corrected chi connectivity index (χ4v) is 7.90. The van der Waals surface area contributed by atoms with E-state index < -0.39 is 5.41 Å². The Morgan fingerprint density at radius 1 is 0.489 bits per heavy atom. The Bertz CT molecular complexity index is 2530. The topological polar surface area (TPSA) is 48.5 Å². The van der Waals surface area contributed by atoms with E-state index in [0.717, 1.165) is 28.2 Å². The zero-order valence-corrected chi connectivity index (χ0v) is 25.3. The molecule has 0 atom stereocenters. The molecule has 10 rings (SSSR count). The van der Waals surface area contributed by atoms with Gasteiger partial charge in [0, 0.05) is 28.9 Å². The van der Waals surface area contributed by atoms with Crippen molar-refractivity contribution in [1.29, 1.82) is 0 Å². The van der Waals surface area contributed by atoms with Crippen LogP contribution in [0.5, 0.6) is 0 Å². The maximum atomic E-state index is 5.19. The van der Waals surface area contributed by atoms with Crippen LogP contribution in [0.2, 0.25) is 0 Å². The molecule has 1 aliphatic heterocycles. The number of hydrogen-bond donors (Lipinski definition) is 0. The number of aromatic nitrogens is 5. The van der Waals surface area contributed by atoms with E-state index in [9.17, 15) is 0 Å². The molecule has 0 saturated heterocycles. The second kappa shape index (κ2) is 9.83. The van der Waals surface area contributed by atoms with Crippen molar-refractivity contribution < 1.29 is 0 Å². The summed E-state index contributed by atoms with van der Waals surface area (Å²) < 4.78 is 4.67. The van der Waals surface area contributed by atoms with E-state index in [1.54, 1.807) is 12.4 Å². The van der Waals surface area contributed by atoms with Crippen molar-refractivity contribution in [3.63, 3.8) is 0 Å². The van der Waals surface area contributed by atoms with Crippen LogP contribution in [0, 0.1) is 0 Å². The lowest BCUT2D eigenvalue weighted by Crippen LogP contribution is -2.35. The Morgan fingerprint density at radius 2 is 1.11 bits per heavy atom. The molecule has 0 aliphatic carbocycles. The lowest BCUT2D eigenvalue weighted by atomic mass is 9.63. The number of nitrogens with zero attached hydrogens (tertiary/aromatic N) is 5. The lowest BCUT2D eigenvalue weighted by Gasteiger charge is -2.41. The molecule has 9 aromatic rings. The summed E-state index contributed by atoms with van der Waals surface area (Å²) in [7, 11) is 0. The molecule has 4 heterocycles. The molecule has 0 amide bonds. The molecule has 5 nitrogen and oxygen atoms in total. The van der Waals surface area contributed by atoms with Crippen molar-refractivity contribution >= 4 is 32.8 Å². The van der Waals surface area contributed by atoms with Gasteiger partial charge in [-0.15, -0.1) is 0 Å². The summed E-state index contributed by atoms with van der Waals surface area (Å²) >= 11 is 0. The first-order valence-electron chi connectivity index (χ1n) is 15.9. The Morgan fingerprint density at radius 3 is 1.77 bits per heavy atom. The van der Waals surface area contributed by atoms with Gasteiger partial charge in [0.2, 0.25) is 0 Å². The molecular formula is C42H27N5. The number of hydrogen-bond acceptors (Lipinski definition) is 3. The third kappa shape index (κ3) is 3.51. The van der Waals surface area contributed by atoms with Crippen molar-refractivity contribution in [2.24, 2.45) is 0 Å². The SMILES string of the molecule is c1ccc(C2(c3ccccc3)c3cc(-n4c5ccccc5c5ccccc54)ccc3-n3c(-c4ncccn4)nc4cccc2c43)cc1. The third-order valence-corrected chi connectivity index (χ3v) is 9.72. The summed E-state index contributed by atoms with van der Waals surface area (Å²) in [6.07, 6.45) is 3.56. The van der Waals surface area contributed by atoms with Crippen LogP contribution in [0.15, 0.2) is 164 Å². The van der Waals surface area contributed by atoms with Gasteiger partial charge in [0.1, 0.15) is 0 Å². The van der Waals surface area contributed by atoms with Gasteiger partial charge in [-0.1, -0.05) is 109 Å². The maximum Gasteiger partial charge on any atom is 0.196 e. The Balaban J connectivity index is 1.40. The van der Waals surface area contributed by atoms with E-state index in [0.29, 0.717) is 5.82 Å². The number of para-hydroxylation sites is 3. The molecule has 0 N–H and O–H groups in total. The van der Waals surface area contributed by atoms with E-state index in [2.05, 4.69) is 165 Å². The van der Waals surface area contributed by atoms with E-state index in [4.69, 9.17) is 4.98 Å². The van der Waals surface area contributed by atoms with Crippen LogP contribution in [0.25, 0.3) is 55.9 Å². The number of fused-ring (bicyclic) bond motifs is 5. The van der Waals surface area contributed by atoms with Gasteiger partial charge in [-0.05, 0) is 64.7 Å². The van der Waals surface area contributed by atoms with Crippen molar-refractivity contribution in [3.8, 4) is 23.0 Å². The van der Waals surface area contributed by atoms with Gasteiger partial charge in [-0.3, -0.25) is 4.57 Å². The smallest absolute Gasteiger partial charge is 0.196 e. The average Bonchev–Trinajstić information content (AvgIpc) is 3.70. The summed E-state index contributed by atoms with van der Waals surface area (Å²) in [5.41, 5.74) is 10.6. The number of imidazole rings is 1. The molecular weight excluding hydrogens is 574 g/mol. The van der Waals surface area contributed by atoms with E-state index in [1.807, 2.05) is 6.07 Å². The normalized spacial score (nSPS) is 13.3. The molecule has 0 saturated carbocycles. The van der Waals surface area contributed by atoms with E-state index >= 15 is 0 Å². The average molecular weight is 602 g/mol.